The molecule has 0 spiro atoms. The number of fused-ring (bicyclic) bond motifs is 3. The summed E-state index contributed by atoms with van der Waals surface area (Å²) in [6.07, 6.45) is 2.08. The molecule has 31 heavy (non-hydrogen) atoms. The lowest BCUT2D eigenvalue weighted by atomic mass is 10.0. The molecule has 0 fully saturated rings. The molecule has 4 nitrogen and oxygen atoms in total. The molecule has 2 amide bonds. The highest BCUT2D eigenvalue weighted by Gasteiger charge is 2.32. The van der Waals surface area contributed by atoms with Gasteiger partial charge in [-0.2, -0.15) is 0 Å². The first-order valence-corrected chi connectivity index (χ1v) is 10.6. The van der Waals surface area contributed by atoms with Crippen LogP contribution in [0.15, 0.2) is 91.1 Å². The number of hydrogen-bond acceptors (Lipinski definition) is 1. The normalized spacial score (nSPS) is 15.0. The molecule has 0 saturated heterocycles. The van der Waals surface area contributed by atoms with Crippen molar-refractivity contribution >= 4 is 11.7 Å². The lowest BCUT2D eigenvalue weighted by Crippen LogP contribution is -2.37. The first-order valence-electron chi connectivity index (χ1n) is 10.6. The van der Waals surface area contributed by atoms with Crippen molar-refractivity contribution in [2.45, 2.75) is 26.4 Å². The molecule has 4 aromatic rings. The van der Waals surface area contributed by atoms with E-state index in [9.17, 15) is 4.79 Å². The van der Waals surface area contributed by atoms with Crippen molar-refractivity contribution in [3.8, 4) is 5.69 Å². The zero-order valence-corrected chi connectivity index (χ0v) is 17.7. The van der Waals surface area contributed by atoms with Crippen LogP contribution in [0, 0.1) is 13.8 Å². The first-order chi connectivity index (χ1) is 15.1. The summed E-state index contributed by atoms with van der Waals surface area (Å²) in [5.74, 6) is 0. The molecule has 1 aromatic heterocycles. The van der Waals surface area contributed by atoms with Crippen LogP contribution in [0.1, 0.15) is 34.0 Å². The summed E-state index contributed by atoms with van der Waals surface area (Å²) in [6, 6.07) is 28.5. The molecule has 0 aliphatic carbocycles. The fraction of sp³-hybridized carbons (Fsp3) is 0.148. The topological polar surface area (TPSA) is 37.3 Å². The molecule has 1 atom stereocenters. The van der Waals surface area contributed by atoms with Crippen molar-refractivity contribution in [2.24, 2.45) is 0 Å². The second-order valence-electron chi connectivity index (χ2n) is 8.17. The van der Waals surface area contributed by atoms with Crippen molar-refractivity contribution < 1.29 is 4.79 Å². The number of aromatic nitrogens is 1. The maximum atomic E-state index is 13.6. The third kappa shape index (κ3) is 3.61. The molecule has 1 aliphatic rings. The maximum absolute atomic E-state index is 13.6. The molecule has 0 bridgehead atoms. The average Bonchev–Trinajstić information content (AvgIpc) is 3.20. The quantitative estimate of drug-likeness (QED) is 0.420. The SMILES string of the molecule is Cc1ccc(NC(=O)N2Cc3ccccc3-n3cccc3C2c2ccc(C)cc2)cc1. The van der Waals surface area contributed by atoms with Crippen LogP contribution in [0.5, 0.6) is 0 Å². The summed E-state index contributed by atoms with van der Waals surface area (Å²) < 4.78 is 2.21. The van der Waals surface area contributed by atoms with Gasteiger partial charge < -0.3 is 14.8 Å². The Balaban J connectivity index is 1.62. The second-order valence-corrected chi connectivity index (χ2v) is 8.17. The molecule has 1 unspecified atom stereocenters. The van der Waals surface area contributed by atoms with E-state index in [1.54, 1.807) is 0 Å². The van der Waals surface area contributed by atoms with Crippen LogP contribution in [0.25, 0.3) is 5.69 Å². The van der Waals surface area contributed by atoms with Crippen LogP contribution in [0.2, 0.25) is 0 Å². The number of hydrogen-bond donors (Lipinski definition) is 1. The Morgan fingerprint density at radius 2 is 1.52 bits per heavy atom. The van der Waals surface area contributed by atoms with Crippen molar-refractivity contribution in [1.82, 2.24) is 9.47 Å². The fourth-order valence-electron chi connectivity index (χ4n) is 4.27. The third-order valence-electron chi connectivity index (χ3n) is 5.92. The van der Waals surface area contributed by atoms with E-state index in [2.05, 4.69) is 71.5 Å². The van der Waals surface area contributed by atoms with Crippen LogP contribution in [-0.2, 0) is 6.54 Å². The Morgan fingerprint density at radius 1 is 0.839 bits per heavy atom. The van der Waals surface area contributed by atoms with Gasteiger partial charge in [-0.15, -0.1) is 0 Å². The minimum absolute atomic E-state index is 0.112. The molecule has 1 aliphatic heterocycles. The van der Waals surface area contributed by atoms with E-state index in [0.29, 0.717) is 6.54 Å². The van der Waals surface area contributed by atoms with Crippen molar-refractivity contribution in [2.75, 3.05) is 5.32 Å². The Bertz CT molecular complexity index is 1220. The highest BCUT2D eigenvalue weighted by molar-refractivity contribution is 5.90. The number of nitrogens with zero attached hydrogens (tertiary/aromatic N) is 2. The molecule has 0 radical (unpaired) electrons. The minimum Gasteiger partial charge on any atom is -0.318 e. The summed E-state index contributed by atoms with van der Waals surface area (Å²) >= 11 is 0. The van der Waals surface area contributed by atoms with Gasteiger partial charge in [0, 0.05) is 17.6 Å². The number of nitrogens with one attached hydrogen (secondary N) is 1. The maximum Gasteiger partial charge on any atom is 0.322 e. The molecule has 0 saturated carbocycles. The van der Waals surface area contributed by atoms with E-state index in [0.717, 1.165) is 33.8 Å². The standard InChI is InChI=1S/C27H25N3O/c1-19-9-13-21(14-10-19)26-25-8-5-17-29(25)24-7-4-3-6-22(24)18-30(26)27(31)28-23-15-11-20(2)12-16-23/h3-17,26H,18H2,1-2H3,(H,28,31). The lowest BCUT2D eigenvalue weighted by Gasteiger charge is -2.31. The number of anilines is 1. The van der Waals surface area contributed by atoms with E-state index >= 15 is 0 Å². The molecular formula is C27H25N3O. The van der Waals surface area contributed by atoms with E-state index < -0.39 is 0 Å². The predicted octanol–water partition coefficient (Wildman–Crippen LogP) is 6.23. The van der Waals surface area contributed by atoms with Crippen LogP contribution < -0.4 is 5.32 Å². The first kappa shape index (κ1) is 19.2. The monoisotopic (exact) mass is 407 g/mol. The van der Waals surface area contributed by atoms with E-state index in [1.165, 1.54) is 5.56 Å². The number of carbonyl (C=O) groups is 1. The summed E-state index contributed by atoms with van der Waals surface area (Å²) in [5.41, 5.74) is 7.57. The Hall–Kier alpha value is -3.79. The molecule has 1 N–H and O–H groups in total. The Labute approximate surface area is 182 Å². The van der Waals surface area contributed by atoms with Crippen LogP contribution >= 0.6 is 0 Å². The predicted molar refractivity (Wildman–Crippen MR) is 125 cm³/mol. The third-order valence-corrected chi connectivity index (χ3v) is 5.92. The number of benzene rings is 3. The van der Waals surface area contributed by atoms with Gasteiger partial charge in [0.25, 0.3) is 0 Å². The Kier molecular flexibility index (Phi) is 4.83. The van der Waals surface area contributed by atoms with Gasteiger partial charge in [-0.1, -0.05) is 65.7 Å². The molecule has 154 valence electrons. The van der Waals surface area contributed by atoms with Gasteiger partial charge in [-0.05, 0) is 55.3 Å². The van der Waals surface area contributed by atoms with Gasteiger partial charge in [0.05, 0.1) is 18.3 Å². The zero-order chi connectivity index (χ0) is 21.4. The van der Waals surface area contributed by atoms with Crippen molar-refractivity contribution in [3.05, 3.63) is 119 Å². The van der Waals surface area contributed by atoms with Gasteiger partial charge in [-0.3, -0.25) is 0 Å². The molecule has 4 heteroatoms. The second kappa shape index (κ2) is 7.80. The van der Waals surface area contributed by atoms with Gasteiger partial charge in [-0.25, -0.2) is 4.79 Å². The number of amides is 2. The number of carbonyl (C=O) groups excluding carboxylic acids is 1. The smallest absolute Gasteiger partial charge is 0.318 e. The summed E-state index contributed by atoms with van der Waals surface area (Å²) in [6.45, 7) is 4.64. The molecular weight excluding hydrogens is 382 g/mol. The highest BCUT2D eigenvalue weighted by atomic mass is 16.2. The van der Waals surface area contributed by atoms with Gasteiger partial charge in [0.1, 0.15) is 0 Å². The van der Waals surface area contributed by atoms with Gasteiger partial charge in [0.15, 0.2) is 0 Å². The zero-order valence-electron chi connectivity index (χ0n) is 17.7. The van der Waals surface area contributed by atoms with E-state index in [1.807, 2.05) is 48.2 Å². The summed E-state index contributed by atoms with van der Waals surface area (Å²) in [5, 5.41) is 3.11. The average molecular weight is 408 g/mol. The fourth-order valence-corrected chi connectivity index (χ4v) is 4.27. The molecule has 2 heterocycles. The number of urea groups is 1. The van der Waals surface area contributed by atoms with E-state index in [-0.39, 0.29) is 12.1 Å². The lowest BCUT2D eigenvalue weighted by molar-refractivity contribution is 0.194. The van der Waals surface area contributed by atoms with Crippen LogP contribution in [0.3, 0.4) is 0 Å². The molecule has 5 rings (SSSR count). The van der Waals surface area contributed by atoms with Gasteiger partial charge >= 0.3 is 6.03 Å². The number of para-hydroxylation sites is 1. The van der Waals surface area contributed by atoms with Gasteiger partial charge in [0.2, 0.25) is 0 Å². The Morgan fingerprint density at radius 3 is 2.26 bits per heavy atom. The van der Waals surface area contributed by atoms with Crippen molar-refractivity contribution in [3.63, 3.8) is 0 Å². The largest absolute Gasteiger partial charge is 0.322 e. The molecule has 3 aromatic carbocycles. The van der Waals surface area contributed by atoms with Crippen LogP contribution in [0.4, 0.5) is 10.5 Å². The van der Waals surface area contributed by atoms with Crippen molar-refractivity contribution in [1.29, 1.82) is 0 Å². The minimum atomic E-state index is -0.201. The van der Waals surface area contributed by atoms with E-state index in [4.69, 9.17) is 0 Å². The van der Waals surface area contributed by atoms with Crippen LogP contribution in [-0.4, -0.2) is 15.5 Å². The summed E-state index contributed by atoms with van der Waals surface area (Å²) in [4.78, 5) is 15.5. The number of rotatable bonds is 2. The highest BCUT2D eigenvalue weighted by Crippen LogP contribution is 2.37. The number of aryl methyl sites for hydroxylation is 2. The summed E-state index contributed by atoms with van der Waals surface area (Å²) in [7, 11) is 0.